The van der Waals surface area contributed by atoms with Crippen molar-refractivity contribution >= 4 is 34.9 Å². The lowest BCUT2D eigenvalue weighted by molar-refractivity contribution is -0.150. The molecule has 0 radical (unpaired) electrons. The standard InChI is InChI=1S/C12H9ClFNO4/c1-2-19-12(18)10(14)15-8-5-6(13)3-4-7(8)9(16)11(15)17/h3-5,10H,2H2,1H3. The number of hydrogen-bond donors (Lipinski definition) is 0. The maximum absolute atomic E-state index is 14.0. The minimum absolute atomic E-state index is 0.0151. The second-order valence-electron chi connectivity index (χ2n) is 3.75. The third kappa shape index (κ3) is 2.19. The predicted octanol–water partition coefficient (Wildman–Crippen LogP) is 1.73. The number of benzene rings is 1. The molecule has 0 fully saturated rings. The van der Waals surface area contributed by atoms with E-state index in [-0.39, 0.29) is 22.9 Å². The van der Waals surface area contributed by atoms with Crippen LogP contribution in [0.3, 0.4) is 0 Å². The van der Waals surface area contributed by atoms with Gasteiger partial charge in [0.05, 0.1) is 17.9 Å². The third-order valence-corrected chi connectivity index (χ3v) is 2.82. The number of ether oxygens (including phenoxy) is 1. The Labute approximate surface area is 112 Å². The minimum Gasteiger partial charge on any atom is -0.462 e. The van der Waals surface area contributed by atoms with Crippen molar-refractivity contribution in [3.8, 4) is 0 Å². The molecular formula is C12H9ClFNO4. The van der Waals surface area contributed by atoms with E-state index in [0.717, 1.165) is 0 Å². The van der Waals surface area contributed by atoms with Crippen LogP contribution in [0.2, 0.25) is 5.02 Å². The number of carbonyl (C=O) groups is 3. The molecule has 1 amide bonds. The summed E-state index contributed by atoms with van der Waals surface area (Å²) in [5, 5.41) is 0.224. The molecule has 1 aromatic carbocycles. The zero-order chi connectivity index (χ0) is 14.2. The molecule has 0 saturated heterocycles. The highest BCUT2D eigenvalue weighted by Gasteiger charge is 2.43. The van der Waals surface area contributed by atoms with Crippen LogP contribution >= 0.6 is 11.6 Å². The molecular weight excluding hydrogens is 277 g/mol. The van der Waals surface area contributed by atoms with Gasteiger partial charge in [0, 0.05) is 5.02 Å². The average molecular weight is 286 g/mol. The van der Waals surface area contributed by atoms with Crippen molar-refractivity contribution in [3.63, 3.8) is 0 Å². The van der Waals surface area contributed by atoms with Crippen molar-refractivity contribution < 1.29 is 23.5 Å². The van der Waals surface area contributed by atoms with Crippen molar-refractivity contribution in [1.29, 1.82) is 0 Å². The van der Waals surface area contributed by atoms with Crippen LogP contribution in [-0.4, -0.2) is 30.6 Å². The molecule has 1 aromatic rings. The molecule has 0 aromatic heterocycles. The molecule has 7 heteroatoms. The smallest absolute Gasteiger partial charge is 0.362 e. The Morgan fingerprint density at radius 2 is 2.16 bits per heavy atom. The lowest BCUT2D eigenvalue weighted by Gasteiger charge is -2.19. The highest BCUT2D eigenvalue weighted by molar-refractivity contribution is 6.53. The maximum Gasteiger partial charge on any atom is 0.362 e. The predicted molar refractivity (Wildman–Crippen MR) is 64.8 cm³/mol. The second-order valence-corrected chi connectivity index (χ2v) is 4.19. The number of fused-ring (bicyclic) bond motifs is 1. The number of ketones is 1. The van der Waals surface area contributed by atoms with Crippen LogP contribution in [-0.2, 0) is 14.3 Å². The van der Waals surface area contributed by atoms with Crippen LogP contribution in [0.4, 0.5) is 10.1 Å². The van der Waals surface area contributed by atoms with Gasteiger partial charge in [0.15, 0.2) is 0 Å². The van der Waals surface area contributed by atoms with Crippen molar-refractivity contribution in [2.75, 3.05) is 11.5 Å². The summed E-state index contributed by atoms with van der Waals surface area (Å²) in [6.45, 7) is 1.48. The van der Waals surface area contributed by atoms with Crippen LogP contribution in [0.1, 0.15) is 17.3 Å². The van der Waals surface area contributed by atoms with Crippen LogP contribution < -0.4 is 4.90 Å². The quantitative estimate of drug-likeness (QED) is 0.482. The second kappa shape index (κ2) is 4.97. The summed E-state index contributed by atoms with van der Waals surface area (Å²) in [4.78, 5) is 35.2. The summed E-state index contributed by atoms with van der Waals surface area (Å²) in [7, 11) is 0. The Morgan fingerprint density at radius 3 is 2.79 bits per heavy atom. The van der Waals surface area contributed by atoms with Gasteiger partial charge in [0.1, 0.15) is 0 Å². The fraction of sp³-hybridized carbons (Fsp3) is 0.250. The van der Waals surface area contributed by atoms with Crippen molar-refractivity contribution in [3.05, 3.63) is 28.8 Å². The molecule has 19 heavy (non-hydrogen) atoms. The molecule has 1 aliphatic rings. The molecule has 5 nitrogen and oxygen atoms in total. The molecule has 1 aliphatic heterocycles. The van der Waals surface area contributed by atoms with Crippen LogP contribution in [0, 0.1) is 0 Å². The number of alkyl halides is 1. The van der Waals surface area contributed by atoms with Gasteiger partial charge in [-0.05, 0) is 25.1 Å². The lowest BCUT2D eigenvalue weighted by Crippen LogP contribution is -2.42. The van der Waals surface area contributed by atoms with Gasteiger partial charge in [-0.1, -0.05) is 11.6 Å². The maximum atomic E-state index is 14.0. The average Bonchev–Trinajstić information content (AvgIpc) is 2.61. The van der Waals surface area contributed by atoms with Gasteiger partial charge in [0.2, 0.25) is 0 Å². The molecule has 0 aliphatic carbocycles. The Bertz CT molecular complexity index is 575. The van der Waals surface area contributed by atoms with Gasteiger partial charge in [-0.2, -0.15) is 0 Å². The number of hydrogen-bond acceptors (Lipinski definition) is 4. The molecule has 1 atom stereocenters. The Morgan fingerprint density at radius 1 is 1.47 bits per heavy atom. The van der Waals surface area contributed by atoms with Crippen molar-refractivity contribution in [1.82, 2.24) is 0 Å². The number of halogens is 2. The fourth-order valence-electron chi connectivity index (χ4n) is 1.77. The summed E-state index contributed by atoms with van der Waals surface area (Å²) < 4.78 is 18.5. The van der Waals surface area contributed by atoms with E-state index in [2.05, 4.69) is 4.74 Å². The van der Waals surface area contributed by atoms with Gasteiger partial charge >= 0.3 is 11.9 Å². The van der Waals surface area contributed by atoms with E-state index in [4.69, 9.17) is 11.6 Å². The van der Waals surface area contributed by atoms with Gasteiger partial charge in [-0.15, -0.1) is 0 Å². The molecule has 1 heterocycles. The first-order valence-electron chi connectivity index (χ1n) is 5.45. The van der Waals surface area contributed by atoms with E-state index in [9.17, 15) is 18.8 Å². The molecule has 0 saturated carbocycles. The van der Waals surface area contributed by atoms with Gasteiger partial charge in [-0.25, -0.2) is 9.18 Å². The zero-order valence-electron chi connectivity index (χ0n) is 9.85. The number of rotatable bonds is 3. The Hall–Kier alpha value is -1.95. The number of carbonyl (C=O) groups excluding carboxylic acids is 3. The first-order chi connectivity index (χ1) is 8.97. The minimum atomic E-state index is -2.36. The molecule has 1 unspecified atom stereocenters. The highest BCUT2D eigenvalue weighted by Crippen LogP contribution is 2.33. The summed E-state index contributed by atoms with van der Waals surface area (Å²) in [5.41, 5.74) is -0.00981. The Balaban J connectivity index is 2.42. The SMILES string of the molecule is CCOC(=O)C(F)N1C(=O)C(=O)c2ccc(Cl)cc21. The zero-order valence-corrected chi connectivity index (χ0v) is 10.6. The van der Waals surface area contributed by atoms with Crippen LogP contribution in [0.25, 0.3) is 0 Å². The summed E-state index contributed by atoms with van der Waals surface area (Å²) in [5.74, 6) is -3.21. The van der Waals surface area contributed by atoms with E-state index in [1.165, 1.54) is 25.1 Å². The lowest BCUT2D eigenvalue weighted by atomic mass is 10.1. The topological polar surface area (TPSA) is 63.7 Å². The van der Waals surface area contributed by atoms with Gasteiger partial charge in [-0.3, -0.25) is 14.5 Å². The monoisotopic (exact) mass is 285 g/mol. The van der Waals surface area contributed by atoms with Crippen LogP contribution in [0.5, 0.6) is 0 Å². The highest BCUT2D eigenvalue weighted by atomic mass is 35.5. The number of esters is 1. The molecule has 2 rings (SSSR count). The Kier molecular flexibility index (Phi) is 3.53. The van der Waals surface area contributed by atoms with Crippen molar-refractivity contribution in [2.45, 2.75) is 13.2 Å². The molecule has 0 bridgehead atoms. The molecule has 0 N–H and O–H groups in total. The molecule has 100 valence electrons. The number of Topliss-reactive ketones (excluding diaryl/α,β-unsaturated/α-hetero) is 1. The third-order valence-electron chi connectivity index (χ3n) is 2.58. The first-order valence-corrected chi connectivity index (χ1v) is 5.83. The van der Waals surface area contributed by atoms with E-state index >= 15 is 0 Å². The van der Waals surface area contributed by atoms with Gasteiger partial charge in [0.25, 0.3) is 12.1 Å². The van der Waals surface area contributed by atoms with Crippen molar-refractivity contribution in [2.24, 2.45) is 0 Å². The van der Waals surface area contributed by atoms with E-state index in [0.29, 0.717) is 4.90 Å². The number of nitrogens with zero attached hydrogens (tertiary/aromatic N) is 1. The fourth-order valence-corrected chi connectivity index (χ4v) is 1.94. The van der Waals surface area contributed by atoms with E-state index in [1.807, 2.05) is 0 Å². The largest absolute Gasteiger partial charge is 0.462 e. The number of anilines is 1. The van der Waals surface area contributed by atoms with E-state index < -0.39 is 24.0 Å². The summed E-state index contributed by atoms with van der Waals surface area (Å²) >= 11 is 5.74. The number of amides is 1. The van der Waals surface area contributed by atoms with Crippen LogP contribution in [0.15, 0.2) is 18.2 Å². The summed E-state index contributed by atoms with van der Waals surface area (Å²) in [6, 6.07) is 3.98. The molecule has 0 spiro atoms. The normalized spacial score (nSPS) is 15.4. The first kappa shape index (κ1) is 13.5. The summed E-state index contributed by atoms with van der Waals surface area (Å²) in [6.07, 6.45) is -2.36. The van der Waals surface area contributed by atoms with E-state index in [1.54, 1.807) is 0 Å². The van der Waals surface area contributed by atoms with Gasteiger partial charge < -0.3 is 4.74 Å².